The predicted molar refractivity (Wildman–Crippen MR) is 65.9 cm³/mol. The minimum Gasteiger partial charge on any atom is -0.170 e. The summed E-state index contributed by atoms with van der Waals surface area (Å²) in [5.41, 5.74) is 6.05. The van der Waals surface area contributed by atoms with E-state index in [1.165, 1.54) is 16.7 Å². The van der Waals surface area contributed by atoms with Crippen molar-refractivity contribution < 1.29 is 0 Å². The third kappa shape index (κ3) is 1.42. The van der Waals surface area contributed by atoms with Gasteiger partial charge in [0, 0.05) is 0 Å². The zero-order chi connectivity index (χ0) is 10.3. The van der Waals surface area contributed by atoms with Gasteiger partial charge >= 0.3 is 20.4 Å². The maximum atomic E-state index is 2.37. The van der Waals surface area contributed by atoms with Crippen molar-refractivity contribution in [1.82, 2.24) is 0 Å². The molecule has 0 atom stereocenters. The van der Waals surface area contributed by atoms with Crippen LogP contribution in [0.3, 0.4) is 0 Å². The highest BCUT2D eigenvalue weighted by Gasteiger charge is 2.18. The Morgan fingerprint density at radius 2 is 1.73 bits per heavy atom. The van der Waals surface area contributed by atoms with Gasteiger partial charge < -0.3 is 0 Å². The van der Waals surface area contributed by atoms with Crippen molar-refractivity contribution in [2.24, 2.45) is 0 Å². The Morgan fingerprint density at radius 1 is 0.933 bits per heavy atom. The molecule has 0 saturated heterocycles. The van der Waals surface area contributed by atoms with E-state index in [0.29, 0.717) is 0 Å². The number of rotatable bonds is 1. The molecule has 0 bridgehead atoms. The van der Waals surface area contributed by atoms with Gasteiger partial charge in [-0.1, -0.05) is 48.0 Å². The monoisotopic (exact) mass is 204 g/mol. The summed E-state index contributed by atoms with van der Waals surface area (Å²) >= 11 is -0.0451. The van der Waals surface area contributed by atoms with Gasteiger partial charge in [-0.15, -0.1) is 5.05 Å². The molecule has 0 fully saturated rings. The molecule has 2 aromatic rings. The smallest absolute Gasteiger partial charge is 0.170 e. The second-order valence-electron chi connectivity index (χ2n) is 4.13. The average Bonchev–Trinajstić information content (AvgIpc) is 2.67. The fourth-order valence-electron chi connectivity index (χ4n) is 2.55. The minimum absolute atomic E-state index is 0.0451. The predicted octanol–water partition coefficient (Wildman–Crippen LogP) is 2.64. The maximum Gasteiger partial charge on any atom is 0.405 e. The molecule has 0 saturated carbocycles. The first-order valence-electron chi connectivity index (χ1n) is 5.59. The van der Waals surface area contributed by atoms with Crippen LogP contribution in [-0.4, -0.2) is 20.4 Å². The highest BCUT2D eigenvalue weighted by atomic mass is 24.5. The molecule has 1 aliphatic rings. The first-order chi connectivity index (χ1) is 7.40. The van der Waals surface area contributed by atoms with Crippen molar-refractivity contribution in [2.45, 2.75) is 11.5 Å². The summed E-state index contributed by atoms with van der Waals surface area (Å²) in [5, 5.41) is 2.37. The summed E-state index contributed by atoms with van der Waals surface area (Å²) in [5.74, 6) is 0. The lowest BCUT2D eigenvalue weighted by Crippen LogP contribution is -2.15. The second kappa shape index (κ2) is 3.65. The molecule has 0 radical (unpaired) electrons. The summed E-state index contributed by atoms with van der Waals surface area (Å²) in [6, 6.07) is 15.6. The lowest BCUT2D eigenvalue weighted by Gasteiger charge is -2.05. The quantitative estimate of drug-likeness (QED) is 0.535. The minimum atomic E-state index is -0.0451. The van der Waals surface area contributed by atoms with Gasteiger partial charge in [0.25, 0.3) is 0 Å². The van der Waals surface area contributed by atoms with Crippen LogP contribution in [0.25, 0.3) is 11.1 Å². The highest BCUT2D eigenvalue weighted by molar-refractivity contribution is 6.52. The SMILES string of the molecule is [CH3][Mg][c]1cccc2c1Cc1ccccc1-2. The number of fused-ring (bicyclic) bond motifs is 3. The molecule has 70 valence electrons. The zero-order valence-corrected chi connectivity index (χ0v) is 10.4. The van der Waals surface area contributed by atoms with E-state index in [0.717, 1.165) is 6.42 Å². The van der Waals surface area contributed by atoms with Crippen molar-refractivity contribution in [3.63, 3.8) is 0 Å². The number of benzene rings is 2. The van der Waals surface area contributed by atoms with E-state index in [1.54, 1.807) is 9.26 Å². The van der Waals surface area contributed by atoms with Crippen LogP contribution in [0.2, 0.25) is 5.05 Å². The highest BCUT2D eigenvalue weighted by Crippen LogP contribution is 2.34. The normalized spacial score (nSPS) is 11.8. The molecule has 2 aromatic carbocycles. The number of hydrogen-bond donors (Lipinski definition) is 0. The summed E-state index contributed by atoms with van der Waals surface area (Å²) < 4.78 is 1.64. The van der Waals surface area contributed by atoms with E-state index in [1.807, 2.05) is 0 Å². The van der Waals surface area contributed by atoms with Crippen LogP contribution >= 0.6 is 0 Å². The van der Waals surface area contributed by atoms with Gasteiger partial charge in [0.15, 0.2) is 0 Å². The van der Waals surface area contributed by atoms with Crippen LogP contribution in [0.1, 0.15) is 11.1 Å². The van der Waals surface area contributed by atoms with Gasteiger partial charge in [0.2, 0.25) is 0 Å². The standard InChI is InChI=1S/C13H9.CH3.Mg/c1-3-7-12-10(5-1)9-11-6-2-4-8-13(11)12;;/h1-5,7-8H,9H2;1H3;. The third-order valence-electron chi connectivity index (χ3n) is 3.33. The van der Waals surface area contributed by atoms with Crippen LogP contribution < -0.4 is 3.69 Å². The van der Waals surface area contributed by atoms with Crippen molar-refractivity contribution >= 4 is 24.1 Å². The topological polar surface area (TPSA) is 0 Å². The average molecular weight is 205 g/mol. The molecule has 15 heavy (non-hydrogen) atoms. The van der Waals surface area contributed by atoms with Gasteiger partial charge in [-0.05, 0) is 23.1 Å². The molecular formula is C14H12Mg. The van der Waals surface area contributed by atoms with E-state index in [2.05, 4.69) is 47.5 Å². The Kier molecular flexibility index (Phi) is 2.30. The van der Waals surface area contributed by atoms with Crippen molar-refractivity contribution in [3.8, 4) is 11.1 Å². The lowest BCUT2D eigenvalue weighted by molar-refractivity contribution is 1.28. The molecule has 0 amide bonds. The number of hydrogen-bond acceptors (Lipinski definition) is 0. The van der Waals surface area contributed by atoms with Crippen LogP contribution in [-0.2, 0) is 6.42 Å². The Morgan fingerprint density at radius 3 is 2.60 bits per heavy atom. The summed E-state index contributed by atoms with van der Waals surface area (Å²) in [4.78, 5) is 0. The molecule has 3 rings (SSSR count). The molecule has 1 aliphatic carbocycles. The maximum absolute atomic E-state index is 2.37. The molecule has 0 N–H and O–H groups in total. The Labute approximate surface area is 100 Å². The van der Waals surface area contributed by atoms with Crippen molar-refractivity contribution in [1.29, 1.82) is 0 Å². The van der Waals surface area contributed by atoms with Crippen molar-refractivity contribution in [3.05, 3.63) is 53.6 Å². The fraction of sp³-hybridized carbons (Fsp3) is 0.143. The van der Waals surface area contributed by atoms with Gasteiger partial charge in [0.05, 0.1) is 0 Å². The second-order valence-corrected chi connectivity index (χ2v) is 5.60. The first kappa shape index (κ1) is 9.43. The largest absolute Gasteiger partial charge is 0.405 e. The molecule has 0 aromatic heterocycles. The van der Waals surface area contributed by atoms with Crippen LogP contribution in [0.5, 0.6) is 0 Å². The van der Waals surface area contributed by atoms with Crippen LogP contribution in [0, 0.1) is 0 Å². The van der Waals surface area contributed by atoms with Gasteiger partial charge in [-0.25, -0.2) is 0 Å². The molecule has 0 nitrogen and oxygen atoms in total. The molecule has 0 spiro atoms. The van der Waals surface area contributed by atoms with Gasteiger partial charge in [0.1, 0.15) is 0 Å². The van der Waals surface area contributed by atoms with E-state index in [9.17, 15) is 0 Å². The Bertz CT molecular complexity index is 514. The van der Waals surface area contributed by atoms with E-state index in [-0.39, 0.29) is 20.4 Å². The van der Waals surface area contributed by atoms with Crippen LogP contribution in [0.4, 0.5) is 0 Å². The summed E-state index contributed by atoms with van der Waals surface area (Å²) in [6.07, 6.45) is 1.16. The molecular weight excluding hydrogens is 192 g/mol. The zero-order valence-electron chi connectivity index (χ0n) is 8.96. The molecule has 1 heteroatoms. The molecule has 0 unspecified atom stereocenters. The van der Waals surface area contributed by atoms with E-state index < -0.39 is 0 Å². The Hall–Kier alpha value is -0.794. The van der Waals surface area contributed by atoms with Gasteiger partial charge in [-0.2, -0.15) is 3.69 Å². The lowest BCUT2D eigenvalue weighted by atomic mass is 10.1. The van der Waals surface area contributed by atoms with Crippen molar-refractivity contribution in [2.75, 3.05) is 0 Å². The summed E-state index contributed by atoms with van der Waals surface area (Å²) in [7, 11) is 0. The van der Waals surface area contributed by atoms with E-state index >= 15 is 0 Å². The fourth-order valence-corrected chi connectivity index (χ4v) is 3.67. The van der Waals surface area contributed by atoms with E-state index in [4.69, 9.17) is 0 Å². The molecule has 0 aliphatic heterocycles. The first-order valence-corrected chi connectivity index (χ1v) is 7.71. The molecule has 0 heterocycles. The third-order valence-corrected chi connectivity index (χ3v) is 4.75. The Balaban J connectivity index is 2.26. The van der Waals surface area contributed by atoms with Gasteiger partial charge in [-0.3, -0.25) is 0 Å². The summed E-state index contributed by atoms with van der Waals surface area (Å²) in [6.45, 7) is 0. The van der Waals surface area contributed by atoms with Crippen LogP contribution in [0.15, 0.2) is 42.5 Å².